The van der Waals surface area contributed by atoms with Gasteiger partial charge in [-0.1, -0.05) is 0 Å². The van der Waals surface area contributed by atoms with E-state index in [2.05, 4.69) is 20.2 Å². The van der Waals surface area contributed by atoms with Gasteiger partial charge >= 0.3 is 0 Å². The predicted molar refractivity (Wildman–Crippen MR) is 76.1 cm³/mol. The zero-order valence-corrected chi connectivity index (χ0v) is 12.1. The number of morpholine rings is 1. The number of aryl methyl sites for hydroxylation is 1. The molecule has 0 spiro atoms. The van der Waals surface area contributed by atoms with Crippen molar-refractivity contribution in [1.29, 1.82) is 0 Å². The van der Waals surface area contributed by atoms with E-state index in [1.165, 1.54) is 19.4 Å². The van der Waals surface area contributed by atoms with Gasteiger partial charge in [-0.2, -0.15) is 4.98 Å². The van der Waals surface area contributed by atoms with Gasteiger partial charge in [0, 0.05) is 30.9 Å². The molecular weight excluding hydrogens is 256 g/mol. The first kappa shape index (κ1) is 13.6. The molecule has 0 aromatic carbocycles. The maximum absolute atomic E-state index is 5.91. The van der Waals surface area contributed by atoms with Gasteiger partial charge in [-0.25, -0.2) is 4.98 Å². The molecule has 2 fully saturated rings. The lowest BCUT2D eigenvalue weighted by Crippen LogP contribution is -2.48. The molecule has 1 aromatic rings. The Kier molecular flexibility index (Phi) is 4.03. The van der Waals surface area contributed by atoms with Crippen LogP contribution in [0.1, 0.15) is 18.5 Å². The summed E-state index contributed by atoms with van der Waals surface area (Å²) in [4.78, 5) is 11.2. The van der Waals surface area contributed by atoms with E-state index in [0.29, 0.717) is 17.9 Å². The number of fused-ring (bicyclic) bond motifs is 1. The summed E-state index contributed by atoms with van der Waals surface area (Å²) < 4.78 is 11.1. The molecule has 2 unspecified atom stereocenters. The fraction of sp³-hybridized carbons (Fsp3) is 0.714. The lowest BCUT2D eigenvalue weighted by molar-refractivity contribution is -0.0416. The summed E-state index contributed by atoms with van der Waals surface area (Å²) in [7, 11) is 1.61. The summed E-state index contributed by atoms with van der Waals surface area (Å²) in [5.74, 6) is 1.19. The largest absolute Gasteiger partial charge is 0.481 e. The highest BCUT2D eigenvalue weighted by Crippen LogP contribution is 2.22. The lowest BCUT2D eigenvalue weighted by Gasteiger charge is -2.35. The summed E-state index contributed by atoms with van der Waals surface area (Å²) in [5, 5.41) is 3.26. The summed E-state index contributed by atoms with van der Waals surface area (Å²) in [6.07, 6.45) is 2.78. The Labute approximate surface area is 119 Å². The number of rotatable bonds is 4. The van der Waals surface area contributed by atoms with Gasteiger partial charge < -0.3 is 14.8 Å². The molecular formula is C14H22N4O2. The van der Waals surface area contributed by atoms with Gasteiger partial charge in [0.25, 0.3) is 0 Å². The lowest BCUT2D eigenvalue weighted by atomic mass is 10.2. The molecule has 2 saturated heterocycles. The zero-order chi connectivity index (χ0) is 13.9. The Morgan fingerprint density at radius 1 is 1.50 bits per heavy atom. The van der Waals surface area contributed by atoms with E-state index in [0.717, 1.165) is 25.4 Å². The minimum absolute atomic E-state index is 0.208. The number of hydrogen-bond acceptors (Lipinski definition) is 6. The van der Waals surface area contributed by atoms with Gasteiger partial charge in [-0.15, -0.1) is 0 Å². The predicted octanol–water partition coefficient (Wildman–Crippen LogP) is 1.07. The minimum atomic E-state index is 0.208. The van der Waals surface area contributed by atoms with Crippen molar-refractivity contribution in [3.8, 4) is 5.88 Å². The van der Waals surface area contributed by atoms with E-state index < -0.39 is 0 Å². The molecule has 2 atom stereocenters. The van der Waals surface area contributed by atoms with E-state index in [9.17, 15) is 0 Å². The monoisotopic (exact) mass is 278 g/mol. The molecule has 0 radical (unpaired) electrons. The average Bonchev–Trinajstić information content (AvgIpc) is 2.92. The van der Waals surface area contributed by atoms with Crippen molar-refractivity contribution in [3.63, 3.8) is 0 Å². The molecule has 0 saturated carbocycles. The quantitative estimate of drug-likeness (QED) is 0.889. The molecule has 6 nitrogen and oxygen atoms in total. The molecule has 2 aliphatic heterocycles. The molecule has 3 rings (SSSR count). The molecule has 3 heterocycles. The van der Waals surface area contributed by atoms with E-state index >= 15 is 0 Å². The third-order valence-electron chi connectivity index (χ3n) is 3.99. The van der Waals surface area contributed by atoms with E-state index in [1.807, 2.05) is 13.0 Å². The molecule has 1 aromatic heterocycles. The molecule has 0 aliphatic carbocycles. The summed E-state index contributed by atoms with van der Waals surface area (Å²) in [5.41, 5.74) is 0.892. The first-order valence-corrected chi connectivity index (χ1v) is 7.24. The SMILES string of the molecule is COc1cc(C)nc(NCC2CN3CCCC3CO2)n1. The average molecular weight is 278 g/mol. The zero-order valence-electron chi connectivity index (χ0n) is 12.1. The molecule has 20 heavy (non-hydrogen) atoms. The minimum Gasteiger partial charge on any atom is -0.481 e. The number of nitrogens with zero attached hydrogens (tertiary/aromatic N) is 3. The number of aromatic nitrogens is 2. The van der Waals surface area contributed by atoms with Crippen molar-refractivity contribution >= 4 is 5.95 Å². The van der Waals surface area contributed by atoms with Crippen LogP contribution in [0, 0.1) is 6.92 Å². The maximum atomic E-state index is 5.91. The Hall–Kier alpha value is -1.40. The van der Waals surface area contributed by atoms with Gasteiger partial charge in [0.2, 0.25) is 11.8 Å². The second kappa shape index (κ2) is 5.93. The fourth-order valence-corrected chi connectivity index (χ4v) is 2.94. The van der Waals surface area contributed by atoms with Gasteiger partial charge in [-0.05, 0) is 26.3 Å². The van der Waals surface area contributed by atoms with Crippen molar-refractivity contribution in [2.45, 2.75) is 31.9 Å². The Bertz CT molecular complexity index is 468. The van der Waals surface area contributed by atoms with Crippen molar-refractivity contribution in [3.05, 3.63) is 11.8 Å². The van der Waals surface area contributed by atoms with Crippen molar-refractivity contribution in [2.24, 2.45) is 0 Å². The van der Waals surface area contributed by atoms with Crippen LogP contribution >= 0.6 is 0 Å². The second-order valence-electron chi connectivity index (χ2n) is 5.50. The topological polar surface area (TPSA) is 59.5 Å². The van der Waals surface area contributed by atoms with Gasteiger partial charge in [0.15, 0.2) is 0 Å². The van der Waals surface area contributed by atoms with Crippen LogP contribution in [0.3, 0.4) is 0 Å². The van der Waals surface area contributed by atoms with Crippen LogP contribution in [-0.4, -0.2) is 60.4 Å². The number of methoxy groups -OCH3 is 1. The molecule has 110 valence electrons. The first-order valence-electron chi connectivity index (χ1n) is 7.24. The van der Waals surface area contributed by atoms with Gasteiger partial charge in [0.05, 0.1) is 19.8 Å². The van der Waals surface area contributed by atoms with Crippen LogP contribution in [-0.2, 0) is 4.74 Å². The maximum Gasteiger partial charge on any atom is 0.226 e. The summed E-state index contributed by atoms with van der Waals surface area (Å²) in [6, 6.07) is 2.46. The van der Waals surface area contributed by atoms with Crippen molar-refractivity contribution in [1.82, 2.24) is 14.9 Å². The Balaban J connectivity index is 1.55. The van der Waals surface area contributed by atoms with Gasteiger partial charge in [0.1, 0.15) is 0 Å². The molecule has 0 amide bonds. The smallest absolute Gasteiger partial charge is 0.226 e. The highest BCUT2D eigenvalue weighted by molar-refractivity contribution is 5.30. The Morgan fingerprint density at radius 2 is 2.40 bits per heavy atom. The summed E-state index contributed by atoms with van der Waals surface area (Å²) in [6.45, 7) is 5.72. The second-order valence-corrected chi connectivity index (χ2v) is 5.50. The molecule has 6 heteroatoms. The fourth-order valence-electron chi connectivity index (χ4n) is 2.94. The van der Waals surface area contributed by atoms with E-state index in [1.54, 1.807) is 7.11 Å². The van der Waals surface area contributed by atoms with Crippen LogP contribution in [0.25, 0.3) is 0 Å². The van der Waals surface area contributed by atoms with Gasteiger partial charge in [-0.3, -0.25) is 4.90 Å². The highest BCUT2D eigenvalue weighted by atomic mass is 16.5. The Morgan fingerprint density at radius 3 is 3.25 bits per heavy atom. The number of anilines is 1. The van der Waals surface area contributed by atoms with Crippen LogP contribution in [0.15, 0.2) is 6.07 Å². The highest BCUT2D eigenvalue weighted by Gasteiger charge is 2.32. The van der Waals surface area contributed by atoms with Crippen LogP contribution < -0.4 is 10.1 Å². The van der Waals surface area contributed by atoms with Crippen LogP contribution in [0.4, 0.5) is 5.95 Å². The van der Waals surface area contributed by atoms with E-state index in [-0.39, 0.29) is 6.10 Å². The normalized spacial score (nSPS) is 26.3. The third-order valence-corrected chi connectivity index (χ3v) is 3.99. The number of nitrogens with one attached hydrogen (secondary N) is 1. The van der Waals surface area contributed by atoms with E-state index in [4.69, 9.17) is 9.47 Å². The first-order chi connectivity index (χ1) is 9.74. The van der Waals surface area contributed by atoms with Crippen molar-refractivity contribution < 1.29 is 9.47 Å². The third kappa shape index (κ3) is 3.02. The summed E-state index contributed by atoms with van der Waals surface area (Å²) >= 11 is 0. The molecule has 0 bridgehead atoms. The van der Waals surface area contributed by atoms with Crippen LogP contribution in [0.2, 0.25) is 0 Å². The van der Waals surface area contributed by atoms with Crippen molar-refractivity contribution in [2.75, 3.05) is 38.7 Å². The standard InChI is InChI=1S/C14H22N4O2/c1-10-6-13(19-2)17-14(16-10)15-7-12-8-18-5-3-4-11(18)9-20-12/h6,11-12H,3-5,7-9H2,1-2H3,(H,15,16,17). The number of ether oxygens (including phenoxy) is 2. The van der Waals surface area contributed by atoms with Crippen LogP contribution in [0.5, 0.6) is 5.88 Å². The molecule has 1 N–H and O–H groups in total. The molecule has 2 aliphatic rings. The number of hydrogen-bond donors (Lipinski definition) is 1.